The van der Waals surface area contributed by atoms with Crippen molar-refractivity contribution in [2.45, 2.75) is 38.3 Å². The molecule has 0 aliphatic carbocycles. The van der Waals surface area contributed by atoms with Crippen LogP contribution >= 0.6 is 11.3 Å². The summed E-state index contributed by atoms with van der Waals surface area (Å²) >= 11 is 0.336. The monoisotopic (exact) mass is 550 g/mol. The van der Waals surface area contributed by atoms with Crippen molar-refractivity contribution in [3.63, 3.8) is 0 Å². The summed E-state index contributed by atoms with van der Waals surface area (Å²) in [5, 5.41) is 12.5. The number of carbonyl (C=O) groups excluding carboxylic acids is 1. The van der Waals surface area contributed by atoms with Crippen LogP contribution in [0.5, 0.6) is 0 Å². The number of anilines is 1. The van der Waals surface area contributed by atoms with Gasteiger partial charge in [0, 0.05) is 44.2 Å². The Labute approximate surface area is 209 Å². The molecule has 10 nitrogen and oxygen atoms in total. The number of thiazole rings is 1. The van der Waals surface area contributed by atoms with E-state index >= 15 is 0 Å². The third-order valence-electron chi connectivity index (χ3n) is 5.53. The lowest BCUT2D eigenvalue weighted by Gasteiger charge is -2.42. The van der Waals surface area contributed by atoms with Gasteiger partial charge in [-0.25, -0.2) is 24.6 Å². The maximum Gasteiger partial charge on any atom is 0.451 e. The Morgan fingerprint density at radius 2 is 1.81 bits per heavy atom. The van der Waals surface area contributed by atoms with E-state index in [1.165, 1.54) is 15.9 Å². The maximum atomic E-state index is 13.5. The Bertz CT molecular complexity index is 1240. The number of rotatable bonds is 6. The van der Waals surface area contributed by atoms with E-state index in [-0.39, 0.29) is 61.4 Å². The summed E-state index contributed by atoms with van der Waals surface area (Å²) in [7, 11) is 0. The molecule has 1 aliphatic heterocycles. The van der Waals surface area contributed by atoms with E-state index in [4.69, 9.17) is 0 Å². The summed E-state index contributed by atoms with van der Waals surface area (Å²) in [5.41, 5.74) is -0.333. The Kier molecular flexibility index (Phi) is 7.36. The summed E-state index contributed by atoms with van der Waals surface area (Å²) in [5.74, 6) is -1.25. The van der Waals surface area contributed by atoms with Crippen LogP contribution in [0.15, 0.2) is 18.7 Å². The van der Waals surface area contributed by atoms with Crippen molar-refractivity contribution in [3.8, 4) is 11.3 Å². The van der Waals surface area contributed by atoms with E-state index in [9.17, 15) is 36.2 Å². The van der Waals surface area contributed by atoms with Crippen LogP contribution in [0, 0.1) is 6.92 Å². The summed E-state index contributed by atoms with van der Waals surface area (Å²) in [6.07, 6.45) is -6.49. The standard InChI is InChI=1S/C20H20F6N8O2S/c1-11-29-10-33(31-11)9-14(36)34-4-3-32(8-13(34)2-5-35)16-15(30-18(37-16)20(24,25)26)12-6-27-17(28-7-12)19(21,22)23/h6-7,10,13,35H,2-5,8-9H2,1H3. The lowest BCUT2D eigenvalue weighted by atomic mass is 10.1. The molecule has 0 aromatic carbocycles. The van der Waals surface area contributed by atoms with Crippen molar-refractivity contribution in [2.75, 3.05) is 31.1 Å². The molecule has 3 aromatic heterocycles. The van der Waals surface area contributed by atoms with E-state index in [2.05, 4.69) is 25.0 Å². The van der Waals surface area contributed by atoms with Crippen LogP contribution in [0.4, 0.5) is 31.3 Å². The van der Waals surface area contributed by atoms with Crippen molar-refractivity contribution in [2.24, 2.45) is 0 Å². The molecule has 4 heterocycles. The molecule has 0 spiro atoms. The summed E-state index contributed by atoms with van der Waals surface area (Å²) in [6, 6.07) is -0.552. The molecule has 1 fully saturated rings. The van der Waals surface area contributed by atoms with E-state index < -0.39 is 29.2 Å². The number of aromatic nitrogens is 6. The van der Waals surface area contributed by atoms with Gasteiger partial charge >= 0.3 is 12.4 Å². The molecule has 0 bridgehead atoms. The highest BCUT2D eigenvalue weighted by Gasteiger charge is 2.39. The van der Waals surface area contributed by atoms with Crippen LogP contribution in [0.1, 0.15) is 23.1 Å². The van der Waals surface area contributed by atoms with Crippen molar-refractivity contribution >= 4 is 22.2 Å². The number of amides is 1. The number of piperazine rings is 1. The van der Waals surface area contributed by atoms with Crippen molar-refractivity contribution in [1.29, 1.82) is 0 Å². The zero-order valence-electron chi connectivity index (χ0n) is 19.2. The molecule has 1 amide bonds. The molecular formula is C20H20F6N8O2S. The molecule has 1 N–H and O–H groups in total. The fourth-order valence-electron chi connectivity index (χ4n) is 3.89. The predicted molar refractivity (Wildman–Crippen MR) is 117 cm³/mol. The Morgan fingerprint density at radius 1 is 1.11 bits per heavy atom. The molecular weight excluding hydrogens is 530 g/mol. The number of aryl methyl sites for hydroxylation is 1. The van der Waals surface area contributed by atoms with Gasteiger partial charge in [-0.05, 0) is 13.3 Å². The summed E-state index contributed by atoms with van der Waals surface area (Å²) < 4.78 is 80.4. The Balaban J connectivity index is 1.62. The average molecular weight is 550 g/mol. The van der Waals surface area contributed by atoms with Crippen molar-refractivity contribution in [1.82, 2.24) is 34.6 Å². The Morgan fingerprint density at radius 3 is 2.38 bits per heavy atom. The van der Waals surface area contributed by atoms with Crippen LogP contribution in [0.3, 0.4) is 0 Å². The number of hydrogen-bond donors (Lipinski definition) is 1. The third-order valence-corrected chi connectivity index (χ3v) is 6.69. The fraction of sp³-hybridized carbons (Fsp3) is 0.500. The zero-order valence-corrected chi connectivity index (χ0v) is 20.0. The van der Waals surface area contributed by atoms with Crippen LogP contribution in [0.2, 0.25) is 0 Å². The second-order valence-corrected chi connectivity index (χ2v) is 9.13. The average Bonchev–Trinajstić information content (AvgIpc) is 3.45. The second kappa shape index (κ2) is 10.2. The molecule has 4 rings (SSSR count). The smallest absolute Gasteiger partial charge is 0.396 e. The van der Waals surface area contributed by atoms with Gasteiger partial charge in [0.15, 0.2) is 0 Å². The summed E-state index contributed by atoms with van der Waals surface area (Å²) in [4.78, 5) is 30.1. The minimum atomic E-state index is -4.81. The summed E-state index contributed by atoms with van der Waals surface area (Å²) in [6.45, 7) is 1.60. The molecule has 17 heteroatoms. The normalized spacial score (nSPS) is 16.9. The molecule has 200 valence electrons. The van der Waals surface area contributed by atoms with Gasteiger partial charge < -0.3 is 14.9 Å². The van der Waals surface area contributed by atoms with E-state index in [1.54, 1.807) is 11.8 Å². The van der Waals surface area contributed by atoms with Gasteiger partial charge in [-0.15, -0.1) is 0 Å². The highest BCUT2D eigenvalue weighted by molar-refractivity contribution is 7.16. The van der Waals surface area contributed by atoms with Crippen LogP contribution in [-0.2, 0) is 23.7 Å². The van der Waals surface area contributed by atoms with Gasteiger partial charge in [0.2, 0.25) is 16.7 Å². The van der Waals surface area contributed by atoms with E-state index in [1.807, 2.05) is 0 Å². The molecule has 1 aliphatic rings. The van der Waals surface area contributed by atoms with Crippen LogP contribution < -0.4 is 4.90 Å². The fourth-order valence-corrected chi connectivity index (χ4v) is 4.88. The number of hydrogen-bond acceptors (Lipinski definition) is 9. The van der Waals surface area contributed by atoms with Gasteiger partial charge in [-0.1, -0.05) is 11.3 Å². The highest BCUT2D eigenvalue weighted by Crippen LogP contribution is 2.43. The molecule has 1 atom stereocenters. The first kappa shape index (κ1) is 26.7. The van der Waals surface area contributed by atoms with Gasteiger partial charge in [0.05, 0.1) is 6.04 Å². The van der Waals surface area contributed by atoms with Gasteiger partial charge in [-0.3, -0.25) is 4.79 Å². The highest BCUT2D eigenvalue weighted by atomic mass is 32.1. The molecule has 0 radical (unpaired) electrons. The number of halogens is 6. The Hall–Kier alpha value is -3.34. The largest absolute Gasteiger partial charge is 0.451 e. The number of alkyl halides is 6. The second-order valence-electron chi connectivity index (χ2n) is 8.15. The molecule has 37 heavy (non-hydrogen) atoms. The van der Waals surface area contributed by atoms with Crippen LogP contribution in [0.25, 0.3) is 11.3 Å². The first-order valence-corrected chi connectivity index (χ1v) is 11.7. The van der Waals surface area contributed by atoms with Gasteiger partial charge in [0.25, 0.3) is 0 Å². The molecule has 1 unspecified atom stereocenters. The lowest BCUT2D eigenvalue weighted by Crippen LogP contribution is -2.56. The van der Waals surface area contributed by atoms with Gasteiger partial charge in [-0.2, -0.15) is 31.4 Å². The van der Waals surface area contributed by atoms with Gasteiger partial charge in [0.1, 0.15) is 29.4 Å². The number of carbonyl (C=O) groups is 1. The minimum absolute atomic E-state index is 0.0534. The molecule has 3 aromatic rings. The topological polar surface area (TPSA) is 113 Å². The third kappa shape index (κ3) is 5.98. The molecule has 1 saturated heterocycles. The van der Waals surface area contributed by atoms with Crippen molar-refractivity contribution in [3.05, 3.63) is 35.4 Å². The van der Waals surface area contributed by atoms with Crippen LogP contribution in [-0.4, -0.2) is 77.9 Å². The minimum Gasteiger partial charge on any atom is -0.396 e. The number of aliphatic hydroxyl groups excluding tert-OH is 1. The number of nitrogens with zero attached hydrogens (tertiary/aromatic N) is 8. The quantitative estimate of drug-likeness (QED) is 0.467. The van der Waals surface area contributed by atoms with E-state index in [0.29, 0.717) is 17.2 Å². The zero-order chi connectivity index (χ0) is 27.0. The van der Waals surface area contributed by atoms with E-state index in [0.717, 1.165) is 12.4 Å². The number of aliphatic hydroxyl groups is 1. The molecule has 0 saturated carbocycles. The SMILES string of the molecule is Cc1ncn(CC(=O)N2CCN(c3sc(C(F)(F)F)nc3-c3cnc(C(F)(F)F)nc3)CC2CCO)n1. The lowest BCUT2D eigenvalue weighted by molar-refractivity contribution is -0.145. The predicted octanol–water partition coefficient (Wildman–Crippen LogP) is 2.64. The first-order valence-electron chi connectivity index (χ1n) is 10.9. The first-order chi connectivity index (χ1) is 17.4. The van der Waals surface area contributed by atoms with Crippen molar-refractivity contribution < 1.29 is 36.2 Å². The maximum absolute atomic E-state index is 13.5.